The third kappa shape index (κ3) is 2.41. The zero-order chi connectivity index (χ0) is 14.3. The van der Waals surface area contributed by atoms with E-state index in [1.807, 2.05) is 18.2 Å². The molecular weight excluding hydrogens is 270 g/mol. The number of nitrogens with zero attached hydrogens (tertiary/aromatic N) is 2. The minimum absolute atomic E-state index is 0.260. The molecule has 1 aromatic heterocycles. The lowest BCUT2D eigenvalue weighted by Gasteiger charge is -2.17. The Morgan fingerprint density at radius 1 is 1.35 bits per heavy atom. The van der Waals surface area contributed by atoms with Crippen LogP contribution in [0.5, 0.6) is 0 Å². The van der Waals surface area contributed by atoms with E-state index < -0.39 is 0 Å². The Bertz CT molecular complexity index is 631. The first kappa shape index (κ1) is 13.8. The molecule has 106 valence electrons. The topological polar surface area (TPSA) is 42.1 Å². The van der Waals surface area contributed by atoms with Gasteiger partial charge in [0.1, 0.15) is 0 Å². The molecule has 1 fully saturated rings. The molecule has 0 spiro atoms. The zero-order valence-electron chi connectivity index (χ0n) is 11.9. The average molecular weight is 290 g/mol. The van der Waals surface area contributed by atoms with E-state index in [0.29, 0.717) is 5.92 Å². The zero-order valence-corrected chi connectivity index (χ0v) is 12.7. The van der Waals surface area contributed by atoms with Crippen molar-refractivity contribution in [2.75, 3.05) is 13.1 Å². The summed E-state index contributed by atoms with van der Waals surface area (Å²) < 4.78 is 0. The third-order valence-corrected chi connectivity index (χ3v) is 4.77. The van der Waals surface area contributed by atoms with Gasteiger partial charge in [-0.15, -0.1) is 0 Å². The predicted molar refractivity (Wildman–Crippen MR) is 83.9 cm³/mol. The summed E-state index contributed by atoms with van der Waals surface area (Å²) in [5.41, 5.74) is 9.18. The van der Waals surface area contributed by atoms with Crippen LogP contribution in [0.1, 0.15) is 18.2 Å². The molecule has 0 saturated carbocycles. The fraction of sp³-hybridized carbons (Fsp3) is 0.438. The molecule has 1 aliphatic rings. The SMILES string of the molecule is Cc1c(Cl)c(CN2CC(C)C(N)C2)nc2ccccc12. The second-order valence-electron chi connectivity index (χ2n) is 5.85. The first-order chi connectivity index (χ1) is 9.56. The Balaban J connectivity index is 1.94. The van der Waals surface area contributed by atoms with E-state index >= 15 is 0 Å². The lowest BCUT2D eigenvalue weighted by Crippen LogP contribution is -2.28. The van der Waals surface area contributed by atoms with Gasteiger partial charge in [0.05, 0.1) is 16.2 Å². The van der Waals surface area contributed by atoms with Crippen LogP contribution < -0.4 is 5.73 Å². The number of nitrogens with two attached hydrogens (primary N) is 1. The lowest BCUT2D eigenvalue weighted by atomic mass is 10.1. The van der Waals surface area contributed by atoms with Crippen molar-refractivity contribution in [3.63, 3.8) is 0 Å². The number of benzene rings is 1. The maximum atomic E-state index is 6.50. The van der Waals surface area contributed by atoms with Crippen LogP contribution in [-0.2, 0) is 6.54 Å². The third-order valence-electron chi connectivity index (χ3n) is 4.27. The lowest BCUT2D eigenvalue weighted by molar-refractivity contribution is 0.315. The molecule has 2 aromatic rings. The van der Waals surface area contributed by atoms with Crippen LogP contribution in [0.15, 0.2) is 24.3 Å². The smallest absolute Gasteiger partial charge is 0.0740 e. The Morgan fingerprint density at radius 3 is 2.80 bits per heavy atom. The molecule has 3 nitrogen and oxygen atoms in total. The van der Waals surface area contributed by atoms with Gasteiger partial charge in [-0.05, 0) is 24.5 Å². The standard InChI is InChI=1S/C16H20ClN3/c1-10-7-20(8-13(10)18)9-15-16(17)11(2)12-5-3-4-6-14(12)19-15/h3-6,10,13H,7-9,18H2,1-2H3. The molecule has 1 aromatic carbocycles. The molecule has 1 saturated heterocycles. The van der Waals surface area contributed by atoms with Crippen molar-refractivity contribution in [1.82, 2.24) is 9.88 Å². The minimum atomic E-state index is 0.260. The molecule has 3 rings (SSSR count). The van der Waals surface area contributed by atoms with Crippen LogP contribution in [0, 0.1) is 12.8 Å². The summed E-state index contributed by atoms with van der Waals surface area (Å²) in [5, 5.41) is 1.92. The number of para-hydroxylation sites is 1. The molecular formula is C16H20ClN3. The summed E-state index contributed by atoms with van der Waals surface area (Å²) in [6.07, 6.45) is 0. The fourth-order valence-corrected chi connectivity index (χ4v) is 3.16. The molecule has 0 aliphatic carbocycles. The molecule has 2 unspecified atom stereocenters. The van der Waals surface area contributed by atoms with Gasteiger partial charge in [-0.25, -0.2) is 4.98 Å². The summed E-state index contributed by atoms with van der Waals surface area (Å²) in [6, 6.07) is 8.41. The van der Waals surface area contributed by atoms with E-state index in [2.05, 4.69) is 24.8 Å². The maximum absolute atomic E-state index is 6.50. The highest BCUT2D eigenvalue weighted by Gasteiger charge is 2.27. The van der Waals surface area contributed by atoms with Crippen molar-refractivity contribution in [1.29, 1.82) is 0 Å². The van der Waals surface area contributed by atoms with Crippen molar-refractivity contribution in [2.45, 2.75) is 26.4 Å². The van der Waals surface area contributed by atoms with E-state index in [-0.39, 0.29) is 6.04 Å². The Hall–Kier alpha value is -1.16. The molecule has 20 heavy (non-hydrogen) atoms. The molecule has 0 bridgehead atoms. The monoisotopic (exact) mass is 289 g/mol. The summed E-state index contributed by atoms with van der Waals surface area (Å²) in [4.78, 5) is 7.08. The van der Waals surface area contributed by atoms with Crippen molar-refractivity contribution >= 4 is 22.5 Å². The van der Waals surface area contributed by atoms with E-state index in [4.69, 9.17) is 22.3 Å². The Morgan fingerprint density at radius 2 is 2.10 bits per heavy atom. The van der Waals surface area contributed by atoms with Crippen molar-refractivity contribution < 1.29 is 0 Å². The van der Waals surface area contributed by atoms with Crippen LogP contribution in [0.2, 0.25) is 5.02 Å². The molecule has 2 N–H and O–H groups in total. The number of halogens is 1. The summed E-state index contributed by atoms with van der Waals surface area (Å²) in [5.74, 6) is 0.537. The molecule has 2 atom stereocenters. The highest BCUT2D eigenvalue weighted by molar-refractivity contribution is 6.32. The summed E-state index contributed by atoms with van der Waals surface area (Å²) in [6.45, 7) is 6.98. The van der Waals surface area contributed by atoms with Crippen molar-refractivity contribution in [2.24, 2.45) is 11.7 Å². The number of rotatable bonds is 2. The van der Waals surface area contributed by atoms with Crippen molar-refractivity contribution in [3.05, 3.63) is 40.5 Å². The average Bonchev–Trinajstić information content (AvgIpc) is 2.74. The highest BCUT2D eigenvalue weighted by Crippen LogP contribution is 2.28. The van der Waals surface area contributed by atoms with Crippen LogP contribution in [0.25, 0.3) is 10.9 Å². The number of aryl methyl sites for hydroxylation is 1. The first-order valence-corrected chi connectivity index (χ1v) is 7.45. The Labute approximate surface area is 124 Å². The van der Waals surface area contributed by atoms with Gasteiger partial charge in [0, 0.05) is 31.1 Å². The van der Waals surface area contributed by atoms with Crippen LogP contribution >= 0.6 is 11.6 Å². The second-order valence-corrected chi connectivity index (χ2v) is 6.23. The van der Waals surface area contributed by atoms with Gasteiger partial charge >= 0.3 is 0 Å². The van der Waals surface area contributed by atoms with Gasteiger partial charge in [-0.1, -0.05) is 36.7 Å². The molecule has 0 radical (unpaired) electrons. The van der Waals surface area contributed by atoms with Gasteiger partial charge in [-0.3, -0.25) is 4.90 Å². The van der Waals surface area contributed by atoms with Gasteiger partial charge < -0.3 is 5.73 Å². The Kier molecular flexibility index (Phi) is 3.67. The molecule has 2 heterocycles. The second kappa shape index (κ2) is 5.32. The van der Waals surface area contributed by atoms with Gasteiger partial charge in [0.15, 0.2) is 0 Å². The quantitative estimate of drug-likeness (QED) is 0.924. The fourth-order valence-electron chi connectivity index (χ4n) is 2.96. The highest BCUT2D eigenvalue weighted by atomic mass is 35.5. The maximum Gasteiger partial charge on any atom is 0.0740 e. The minimum Gasteiger partial charge on any atom is -0.326 e. The number of likely N-dealkylation sites (tertiary alicyclic amines) is 1. The summed E-state index contributed by atoms with van der Waals surface area (Å²) >= 11 is 6.50. The van der Waals surface area contributed by atoms with Gasteiger partial charge in [0.25, 0.3) is 0 Å². The van der Waals surface area contributed by atoms with E-state index in [1.54, 1.807) is 0 Å². The van der Waals surface area contributed by atoms with Crippen LogP contribution in [0.4, 0.5) is 0 Å². The van der Waals surface area contributed by atoms with Gasteiger partial charge in [0.2, 0.25) is 0 Å². The molecule has 1 aliphatic heterocycles. The van der Waals surface area contributed by atoms with Crippen molar-refractivity contribution in [3.8, 4) is 0 Å². The number of hydrogen-bond donors (Lipinski definition) is 1. The normalized spacial score (nSPS) is 23.6. The van der Waals surface area contributed by atoms with Gasteiger partial charge in [-0.2, -0.15) is 0 Å². The van der Waals surface area contributed by atoms with E-state index in [9.17, 15) is 0 Å². The predicted octanol–water partition coefficient (Wildman–Crippen LogP) is 2.98. The molecule has 0 amide bonds. The van der Waals surface area contributed by atoms with Crippen LogP contribution in [-0.4, -0.2) is 29.0 Å². The number of aromatic nitrogens is 1. The number of pyridine rings is 1. The molecule has 4 heteroatoms. The van der Waals surface area contributed by atoms with E-state index in [1.165, 1.54) is 0 Å². The van der Waals surface area contributed by atoms with E-state index in [0.717, 1.165) is 46.8 Å². The first-order valence-electron chi connectivity index (χ1n) is 7.08. The number of fused-ring (bicyclic) bond motifs is 1. The van der Waals surface area contributed by atoms with Crippen LogP contribution in [0.3, 0.4) is 0 Å². The summed E-state index contributed by atoms with van der Waals surface area (Å²) in [7, 11) is 0. The largest absolute Gasteiger partial charge is 0.326 e. The number of hydrogen-bond acceptors (Lipinski definition) is 3.